The molecule has 0 bridgehead atoms. The van der Waals surface area contributed by atoms with Crippen LogP contribution in [-0.2, 0) is 0 Å². The zero-order chi connectivity index (χ0) is 7.97. The molecule has 1 N–H and O–H groups in total. The van der Waals surface area contributed by atoms with E-state index in [1.54, 1.807) is 0 Å². The van der Waals surface area contributed by atoms with Crippen LogP contribution < -0.4 is 5.32 Å². The Labute approximate surface area is 75.9 Å². The molecule has 4 heteroatoms. The molecule has 3 aliphatic heterocycles. The van der Waals surface area contributed by atoms with Crippen LogP contribution in [0.25, 0.3) is 0 Å². The first-order chi connectivity index (χ1) is 5.95. The van der Waals surface area contributed by atoms with Crippen molar-refractivity contribution in [1.82, 2.24) is 10.2 Å². The summed E-state index contributed by atoms with van der Waals surface area (Å²) >= 11 is 1.86. The van der Waals surface area contributed by atoms with E-state index in [1.807, 2.05) is 11.8 Å². The average Bonchev–Trinajstić information content (AvgIpc) is 2.62. The number of hydrogen-bond acceptors (Lipinski definition) is 4. The smallest absolute Gasteiger partial charge is 0.168 e. The molecular formula is C8H11N3S. The van der Waals surface area contributed by atoms with Crippen molar-refractivity contribution >= 4 is 16.9 Å². The van der Waals surface area contributed by atoms with Crippen LogP contribution in [-0.4, -0.2) is 36.2 Å². The van der Waals surface area contributed by atoms with Crippen molar-refractivity contribution in [3.05, 3.63) is 10.6 Å². The van der Waals surface area contributed by atoms with Crippen LogP contribution in [0, 0.1) is 0 Å². The van der Waals surface area contributed by atoms with Crippen molar-refractivity contribution < 1.29 is 0 Å². The molecule has 0 amide bonds. The van der Waals surface area contributed by atoms with Crippen molar-refractivity contribution in [1.29, 1.82) is 0 Å². The number of aliphatic imine (C=N–C) groups is 1. The highest BCUT2D eigenvalue weighted by molar-refractivity contribution is 8.17. The zero-order valence-electron chi connectivity index (χ0n) is 6.84. The summed E-state index contributed by atoms with van der Waals surface area (Å²) in [6.07, 6.45) is 1.18. The fourth-order valence-electron chi connectivity index (χ4n) is 1.91. The molecule has 3 heterocycles. The minimum Gasteiger partial charge on any atom is -0.322 e. The summed E-state index contributed by atoms with van der Waals surface area (Å²) in [7, 11) is 0. The van der Waals surface area contributed by atoms with E-state index in [0.29, 0.717) is 0 Å². The molecule has 0 saturated heterocycles. The summed E-state index contributed by atoms with van der Waals surface area (Å²) in [6.45, 7) is 4.28. The van der Waals surface area contributed by atoms with E-state index in [2.05, 4.69) is 15.2 Å². The molecule has 3 nitrogen and oxygen atoms in total. The summed E-state index contributed by atoms with van der Waals surface area (Å²) in [4.78, 5) is 8.35. The lowest BCUT2D eigenvalue weighted by Gasteiger charge is -2.20. The number of rotatable bonds is 0. The van der Waals surface area contributed by atoms with Gasteiger partial charge in [-0.3, -0.25) is 4.99 Å². The minimum absolute atomic E-state index is 0.993. The van der Waals surface area contributed by atoms with E-state index in [0.717, 1.165) is 26.2 Å². The Morgan fingerprint density at radius 2 is 2.50 bits per heavy atom. The topological polar surface area (TPSA) is 27.6 Å². The molecule has 0 aromatic rings. The maximum atomic E-state index is 4.46. The molecule has 64 valence electrons. The second-order valence-corrected chi connectivity index (χ2v) is 4.28. The van der Waals surface area contributed by atoms with E-state index < -0.39 is 0 Å². The lowest BCUT2D eigenvalue weighted by molar-refractivity contribution is 0.514. The molecule has 0 fully saturated rings. The third-order valence-electron chi connectivity index (χ3n) is 2.49. The third-order valence-corrected chi connectivity index (χ3v) is 3.65. The number of thioether (sulfide) groups is 1. The van der Waals surface area contributed by atoms with Crippen molar-refractivity contribution in [3.63, 3.8) is 0 Å². The predicted molar refractivity (Wildman–Crippen MR) is 51.1 cm³/mol. The Kier molecular flexibility index (Phi) is 1.45. The van der Waals surface area contributed by atoms with Crippen molar-refractivity contribution in [3.8, 4) is 0 Å². The number of amidine groups is 1. The van der Waals surface area contributed by atoms with E-state index in [9.17, 15) is 0 Å². The zero-order valence-corrected chi connectivity index (χ0v) is 7.65. The van der Waals surface area contributed by atoms with Gasteiger partial charge in [-0.15, -0.1) is 0 Å². The van der Waals surface area contributed by atoms with Gasteiger partial charge in [0, 0.05) is 36.7 Å². The van der Waals surface area contributed by atoms with E-state index >= 15 is 0 Å². The lowest BCUT2D eigenvalue weighted by atomic mass is 10.2. The van der Waals surface area contributed by atoms with Gasteiger partial charge < -0.3 is 10.2 Å². The van der Waals surface area contributed by atoms with Crippen LogP contribution in [0.4, 0.5) is 0 Å². The van der Waals surface area contributed by atoms with Crippen LogP contribution in [0.15, 0.2) is 15.6 Å². The second kappa shape index (κ2) is 2.50. The van der Waals surface area contributed by atoms with Crippen LogP contribution in [0.3, 0.4) is 0 Å². The molecule has 0 aliphatic carbocycles. The monoisotopic (exact) mass is 181 g/mol. The van der Waals surface area contributed by atoms with Crippen LogP contribution in [0.5, 0.6) is 0 Å². The molecule has 0 spiro atoms. The highest BCUT2D eigenvalue weighted by atomic mass is 32.2. The predicted octanol–water partition coefficient (Wildman–Crippen LogP) is 0.610. The van der Waals surface area contributed by atoms with Crippen molar-refractivity contribution in [2.24, 2.45) is 4.99 Å². The van der Waals surface area contributed by atoms with Crippen molar-refractivity contribution in [2.45, 2.75) is 6.42 Å². The molecular weight excluding hydrogens is 170 g/mol. The fourth-order valence-corrected chi connectivity index (χ4v) is 3.10. The molecule has 12 heavy (non-hydrogen) atoms. The van der Waals surface area contributed by atoms with Gasteiger partial charge in [0.2, 0.25) is 0 Å². The minimum atomic E-state index is 0.993. The third kappa shape index (κ3) is 0.850. The molecule has 0 aromatic carbocycles. The van der Waals surface area contributed by atoms with Gasteiger partial charge in [-0.1, -0.05) is 11.8 Å². The van der Waals surface area contributed by atoms with Gasteiger partial charge in [-0.2, -0.15) is 0 Å². The fraction of sp³-hybridized carbons (Fsp3) is 0.625. The molecule has 0 radical (unpaired) electrons. The standard InChI is InChI=1S/C8H11N3S/c1-2-9-5-7-6(1)11-4-3-10-8(11)12-7/h9H,1-5H2. The van der Waals surface area contributed by atoms with Gasteiger partial charge in [-0.25, -0.2) is 0 Å². The quantitative estimate of drug-likeness (QED) is 0.593. The van der Waals surface area contributed by atoms with Gasteiger partial charge >= 0.3 is 0 Å². The number of hydrogen-bond donors (Lipinski definition) is 1. The van der Waals surface area contributed by atoms with Crippen LogP contribution in [0.2, 0.25) is 0 Å². The Morgan fingerprint density at radius 1 is 1.50 bits per heavy atom. The highest BCUT2D eigenvalue weighted by Crippen LogP contribution is 2.38. The lowest BCUT2D eigenvalue weighted by Crippen LogP contribution is -2.28. The summed E-state index contributed by atoms with van der Waals surface area (Å²) < 4.78 is 0. The van der Waals surface area contributed by atoms with Gasteiger partial charge in [0.1, 0.15) is 0 Å². The summed E-state index contributed by atoms with van der Waals surface area (Å²) in [5, 5.41) is 4.62. The normalized spacial score (nSPS) is 27.3. The van der Waals surface area contributed by atoms with Crippen LogP contribution in [0.1, 0.15) is 6.42 Å². The average molecular weight is 181 g/mol. The Morgan fingerprint density at radius 3 is 3.50 bits per heavy atom. The maximum Gasteiger partial charge on any atom is 0.168 e. The summed E-state index contributed by atoms with van der Waals surface area (Å²) in [6, 6.07) is 0. The molecule has 0 saturated carbocycles. The Balaban J connectivity index is 1.97. The molecule has 0 unspecified atom stereocenters. The van der Waals surface area contributed by atoms with Gasteiger partial charge in [-0.05, 0) is 0 Å². The maximum absolute atomic E-state index is 4.46. The van der Waals surface area contributed by atoms with Gasteiger partial charge in [0.25, 0.3) is 0 Å². The van der Waals surface area contributed by atoms with Gasteiger partial charge in [0.05, 0.1) is 6.54 Å². The molecule has 3 rings (SSSR count). The summed E-state index contributed by atoms with van der Waals surface area (Å²) in [5.74, 6) is 0. The molecule has 0 atom stereocenters. The van der Waals surface area contributed by atoms with Gasteiger partial charge in [0.15, 0.2) is 5.17 Å². The first-order valence-corrected chi connectivity index (χ1v) is 5.19. The number of nitrogens with one attached hydrogen (secondary N) is 1. The number of fused-ring (bicyclic) bond motifs is 2. The molecule has 0 aromatic heterocycles. The van der Waals surface area contributed by atoms with E-state index in [1.165, 1.54) is 22.2 Å². The van der Waals surface area contributed by atoms with E-state index in [4.69, 9.17) is 0 Å². The Bertz CT molecular complexity index is 282. The molecule has 3 aliphatic rings. The number of nitrogens with zero attached hydrogens (tertiary/aromatic N) is 2. The second-order valence-electron chi connectivity index (χ2n) is 3.21. The van der Waals surface area contributed by atoms with Crippen molar-refractivity contribution in [2.75, 3.05) is 26.2 Å². The first-order valence-electron chi connectivity index (χ1n) is 4.38. The van der Waals surface area contributed by atoms with Crippen LogP contribution >= 0.6 is 11.8 Å². The Hall–Kier alpha value is -0.480. The first kappa shape index (κ1) is 6.97. The summed E-state index contributed by atoms with van der Waals surface area (Å²) in [5.41, 5.74) is 1.54. The van der Waals surface area contributed by atoms with E-state index in [-0.39, 0.29) is 0 Å². The SMILES string of the molecule is C1CN2C(=N1)SC1=C2CCNC1. The largest absolute Gasteiger partial charge is 0.322 e. The highest BCUT2D eigenvalue weighted by Gasteiger charge is 2.32.